The van der Waals surface area contributed by atoms with E-state index >= 15 is 0 Å². The molecule has 0 bridgehead atoms. The zero-order chi connectivity index (χ0) is 48.9. The molecule has 8 aromatic heterocycles. The molecule has 0 aliphatic carbocycles. The number of rotatable bonds is 10. The van der Waals surface area contributed by atoms with Crippen LogP contribution in [0.1, 0.15) is 11.4 Å². The van der Waals surface area contributed by atoms with E-state index in [1.165, 1.54) is 9.36 Å². The Balaban J connectivity index is 0.000000163. The average Bonchev–Trinajstić information content (AvgIpc) is 4.10. The second kappa shape index (κ2) is 19.8. The van der Waals surface area contributed by atoms with Crippen molar-refractivity contribution >= 4 is 73.9 Å². The van der Waals surface area contributed by atoms with Gasteiger partial charge in [-0.1, -0.05) is 23.7 Å². The van der Waals surface area contributed by atoms with Gasteiger partial charge in [0.05, 0.1) is 59.7 Å². The Morgan fingerprint density at radius 3 is 1.54 bits per heavy atom. The highest BCUT2D eigenvalue weighted by Gasteiger charge is 2.20. The third-order valence-corrected chi connectivity index (χ3v) is 10.6. The molecule has 7 N–H and O–H groups in total. The Morgan fingerprint density at radius 1 is 0.580 bits per heavy atom. The number of hydrogen-bond donors (Lipinski definition) is 6. The highest BCUT2D eigenvalue weighted by molar-refractivity contribution is 6.30. The standard InChI is InChI=1S/C23H23N9O2.C18H17ClN6O2.C5H7N3/c1-13-8-9-18(28-27-13)25-19-12-17(20-22(26-19)30-32(3)23(20)33)24-16-7-5-6-14(21(16)34-4)15-10-11-31(2)29-15;1-24-8-7-11(22-24)10-5-4-6-12(16(10)27-3)20-13-9-14(19)21-17-15(13)18(26)25(2)23-17;1-4-2-3-5(6)8-7-4/h5-12H,1-4H3,(H3,24,25,26,28,30);4-9H,1-3H3,(H2,20,21,23);2-3H,1H3,(H2,6,8). The van der Waals surface area contributed by atoms with E-state index in [1.807, 2.05) is 107 Å². The van der Waals surface area contributed by atoms with Crippen molar-refractivity contribution in [1.29, 1.82) is 0 Å². The number of aromatic nitrogens is 14. The smallest absolute Gasteiger partial charge is 0.277 e. The third kappa shape index (κ3) is 10.2. The summed E-state index contributed by atoms with van der Waals surface area (Å²) in [7, 11) is 10.2. The van der Waals surface area contributed by atoms with E-state index in [9.17, 15) is 9.59 Å². The predicted molar refractivity (Wildman–Crippen MR) is 266 cm³/mol. The van der Waals surface area contributed by atoms with Gasteiger partial charge in [0.2, 0.25) is 0 Å². The van der Waals surface area contributed by atoms with Crippen LogP contribution >= 0.6 is 11.6 Å². The molecule has 69 heavy (non-hydrogen) atoms. The second-order valence-electron chi connectivity index (χ2n) is 15.5. The van der Waals surface area contributed by atoms with Gasteiger partial charge in [-0.25, -0.2) is 9.97 Å². The monoisotopic (exact) mass is 950 g/mol. The predicted octanol–water partition coefficient (Wildman–Crippen LogP) is 6.69. The summed E-state index contributed by atoms with van der Waals surface area (Å²) in [6, 6.07) is 25.8. The first-order valence-electron chi connectivity index (χ1n) is 21.1. The molecule has 0 saturated carbocycles. The molecule has 0 aliphatic heterocycles. The molecule has 0 unspecified atom stereocenters. The fourth-order valence-electron chi connectivity index (χ4n) is 7.20. The number of nitrogens with zero attached hydrogens (tertiary/aromatic N) is 12. The maximum atomic E-state index is 12.9. The summed E-state index contributed by atoms with van der Waals surface area (Å²) in [5, 5.41) is 41.2. The average molecular weight is 951 g/mol. The Hall–Kier alpha value is -9.05. The van der Waals surface area contributed by atoms with Gasteiger partial charge in [0.1, 0.15) is 27.6 Å². The molecule has 0 spiro atoms. The summed E-state index contributed by atoms with van der Waals surface area (Å²) < 4.78 is 17.6. The second-order valence-corrected chi connectivity index (χ2v) is 15.9. The molecule has 8 heterocycles. The van der Waals surface area contributed by atoms with Crippen LogP contribution in [0.3, 0.4) is 0 Å². The summed E-state index contributed by atoms with van der Waals surface area (Å²) in [5.74, 6) is 2.73. The highest BCUT2D eigenvalue weighted by atomic mass is 35.5. The Kier molecular flexibility index (Phi) is 13.3. The summed E-state index contributed by atoms with van der Waals surface area (Å²) in [4.78, 5) is 34.0. The Morgan fingerprint density at radius 2 is 1.09 bits per heavy atom. The quantitative estimate of drug-likeness (QED) is 0.0780. The van der Waals surface area contributed by atoms with E-state index in [-0.39, 0.29) is 16.3 Å². The van der Waals surface area contributed by atoms with E-state index in [0.717, 1.165) is 33.9 Å². The zero-order valence-electron chi connectivity index (χ0n) is 38.7. The molecule has 0 atom stereocenters. The van der Waals surface area contributed by atoms with Crippen molar-refractivity contribution in [3.8, 4) is 34.0 Å². The number of pyridine rings is 2. The number of anilines is 7. The number of nitrogens with two attached hydrogens (primary N) is 1. The number of aromatic amines is 2. The van der Waals surface area contributed by atoms with Crippen molar-refractivity contribution < 1.29 is 9.47 Å². The van der Waals surface area contributed by atoms with Crippen molar-refractivity contribution in [2.24, 2.45) is 28.2 Å². The lowest BCUT2D eigenvalue weighted by atomic mass is 10.1. The number of methoxy groups -OCH3 is 2. The highest BCUT2D eigenvalue weighted by Crippen LogP contribution is 2.40. The van der Waals surface area contributed by atoms with Crippen molar-refractivity contribution in [2.75, 3.05) is 35.9 Å². The molecule has 10 aromatic rings. The van der Waals surface area contributed by atoms with Crippen LogP contribution in [-0.2, 0) is 28.2 Å². The molecule has 0 aliphatic rings. The minimum absolute atomic E-state index is 0.198. The van der Waals surface area contributed by atoms with Gasteiger partial charge in [-0.2, -0.15) is 20.4 Å². The molecular formula is C46H47ClN18O4. The maximum Gasteiger partial charge on any atom is 0.277 e. The van der Waals surface area contributed by atoms with Crippen LogP contribution in [-0.4, -0.2) is 83.7 Å². The van der Waals surface area contributed by atoms with Gasteiger partial charge in [-0.15, -0.1) is 10.2 Å². The molecule has 2 aromatic carbocycles. The molecule has 0 fully saturated rings. The van der Waals surface area contributed by atoms with Gasteiger partial charge in [0.15, 0.2) is 28.6 Å². The van der Waals surface area contributed by atoms with Crippen molar-refractivity contribution in [3.05, 3.63) is 135 Å². The molecule has 22 nitrogen and oxygen atoms in total. The number of halogens is 1. The largest absolute Gasteiger partial charge is 0.494 e. The minimum atomic E-state index is -0.202. The topological polar surface area (TPSA) is 269 Å². The minimum Gasteiger partial charge on any atom is -0.494 e. The number of fused-ring (bicyclic) bond motifs is 2. The number of nitrogen functional groups attached to an aromatic ring is 1. The summed E-state index contributed by atoms with van der Waals surface area (Å²) >= 11 is 6.13. The van der Waals surface area contributed by atoms with E-state index < -0.39 is 0 Å². The fraction of sp³-hybridized carbons (Fsp3) is 0.174. The number of ether oxygens (including phenoxy) is 2. The lowest BCUT2D eigenvalue weighted by Gasteiger charge is -2.15. The fourth-order valence-corrected chi connectivity index (χ4v) is 7.39. The van der Waals surface area contributed by atoms with Gasteiger partial charge < -0.3 is 31.2 Å². The van der Waals surface area contributed by atoms with Gasteiger partial charge in [-0.05, 0) is 80.6 Å². The molecule has 0 amide bonds. The number of H-pyrrole nitrogens is 2. The summed E-state index contributed by atoms with van der Waals surface area (Å²) in [6.45, 7) is 3.73. The van der Waals surface area contributed by atoms with E-state index in [1.54, 1.807) is 55.9 Å². The van der Waals surface area contributed by atoms with Crippen LogP contribution in [0.5, 0.6) is 11.5 Å². The van der Waals surface area contributed by atoms with Crippen molar-refractivity contribution in [3.63, 3.8) is 0 Å². The van der Waals surface area contributed by atoms with E-state index in [4.69, 9.17) is 26.8 Å². The zero-order valence-corrected chi connectivity index (χ0v) is 39.4. The first-order chi connectivity index (χ1) is 33.2. The molecule has 23 heteroatoms. The number of aryl methyl sites for hydroxylation is 6. The number of benzene rings is 2. The van der Waals surface area contributed by atoms with Crippen LogP contribution in [0.25, 0.3) is 44.6 Å². The SMILES string of the molecule is COc1c(Nc2cc(Cl)nc3[nH]n(C)c(=O)c23)cccc1-c1ccn(C)n1.COc1c(Nc2cc(Nc3ccc(C)nn3)nc3[nH]n(C)c(=O)c23)cccc1-c1ccn(C)n1.Cc1ccc(N)nn1. The number of nitrogens with one attached hydrogen (secondary N) is 5. The Labute approximate surface area is 398 Å². The normalized spacial score (nSPS) is 10.9. The summed E-state index contributed by atoms with van der Waals surface area (Å²) in [6.07, 6.45) is 3.74. The van der Waals surface area contributed by atoms with Crippen LogP contribution < -0.4 is 42.3 Å². The number of hydrogen-bond acceptors (Lipinski definition) is 16. The first-order valence-corrected chi connectivity index (χ1v) is 21.4. The first kappa shape index (κ1) is 46.5. The summed E-state index contributed by atoms with van der Waals surface area (Å²) in [5.41, 5.74) is 13.1. The van der Waals surface area contributed by atoms with Crippen LogP contribution in [0.15, 0.2) is 107 Å². The van der Waals surface area contributed by atoms with Gasteiger partial charge >= 0.3 is 0 Å². The number of para-hydroxylation sites is 2. The van der Waals surface area contributed by atoms with Crippen LogP contribution in [0, 0.1) is 13.8 Å². The van der Waals surface area contributed by atoms with Gasteiger partial charge in [0, 0.05) is 57.8 Å². The van der Waals surface area contributed by atoms with Crippen LogP contribution in [0.4, 0.5) is 40.2 Å². The third-order valence-electron chi connectivity index (χ3n) is 10.4. The van der Waals surface area contributed by atoms with Crippen LogP contribution in [0.2, 0.25) is 5.15 Å². The van der Waals surface area contributed by atoms with E-state index in [2.05, 4.69) is 66.7 Å². The lowest BCUT2D eigenvalue weighted by Crippen LogP contribution is -2.12. The maximum absolute atomic E-state index is 12.9. The van der Waals surface area contributed by atoms with E-state index in [0.29, 0.717) is 73.8 Å². The van der Waals surface area contributed by atoms with Crippen molar-refractivity contribution in [1.82, 2.24) is 69.5 Å². The van der Waals surface area contributed by atoms with Crippen molar-refractivity contribution in [2.45, 2.75) is 13.8 Å². The molecule has 10 rings (SSSR count). The molecular weight excluding hydrogens is 904 g/mol. The van der Waals surface area contributed by atoms with Gasteiger partial charge in [-0.3, -0.25) is 38.5 Å². The van der Waals surface area contributed by atoms with Gasteiger partial charge in [0.25, 0.3) is 11.1 Å². The lowest BCUT2D eigenvalue weighted by molar-refractivity contribution is 0.418. The Bertz CT molecular complexity index is 3530. The molecule has 352 valence electrons. The molecule has 0 radical (unpaired) electrons. The molecule has 0 saturated heterocycles.